The lowest BCUT2D eigenvalue weighted by Crippen LogP contribution is -2.36. The fourth-order valence-electron chi connectivity index (χ4n) is 2.67. The quantitative estimate of drug-likeness (QED) is 0.850. The van der Waals surface area contributed by atoms with Crippen LogP contribution in [0.25, 0.3) is 0 Å². The molecule has 0 N–H and O–H groups in total. The van der Waals surface area contributed by atoms with Crippen LogP contribution in [0.4, 0.5) is 5.69 Å². The van der Waals surface area contributed by atoms with E-state index in [0.717, 1.165) is 44.6 Å². The maximum absolute atomic E-state index is 5.75. The van der Waals surface area contributed by atoms with Gasteiger partial charge in [-0.05, 0) is 30.0 Å². The van der Waals surface area contributed by atoms with Crippen LogP contribution in [0.2, 0.25) is 0 Å². The van der Waals surface area contributed by atoms with Crippen molar-refractivity contribution in [3.63, 3.8) is 0 Å². The molecule has 2 heterocycles. The zero-order valence-electron chi connectivity index (χ0n) is 12.1. The van der Waals surface area contributed by atoms with Crippen LogP contribution in [-0.2, 0) is 15.2 Å². The maximum Gasteiger partial charge on any atom is 0.103 e. The van der Waals surface area contributed by atoms with E-state index in [1.54, 1.807) is 0 Å². The molecule has 0 spiro atoms. The predicted molar refractivity (Wildman–Crippen MR) is 84.3 cm³/mol. The first-order valence-electron chi connectivity index (χ1n) is 7.46. The zero-order valence-corrected chi connectivity index (χ0v) is 12.9. The van der Waals surface area contributed by atoms with Crippen molar-refractivity contribution >= 4 is 17.4 Å². The van der Waals surface area contributed by atoms with Gasteiger partial charge in [-0.2, -0.15) is 0 Å². The summed E-state index contributed by atoms with van der Waals surface area (Å²) in [5.41, 5.74) is 3.09. The normalized spacial score (nSPS) is 26.9. The highest BCUT2D eigenvalue weighted by Crippen LogP contribution is 2.30. The number of morpholine rings is 1. The molecule has 1 aromatic carbocycles. The summed E-state index contributed by atoms with van der Waals surface area (Å²) in [5, 5.41) is 0. The molecular weight excluding hydrogens is 270 g/mol. The summed E-state index contributed by atoms with van der Waals surface area (Å²) < 4.78 is 11.1. The van der Waals surface area contributed by atoms with Gasteiger partial charge >= 0.3 is 0 Å². The summed E-state index contributed by atoms with van der Waals surface area (Å²) in [6.45, 7) is 6.87. The average molecular weight is 293 g/mol. The molecule has 2 aliphatic rings. The molecule has 1 aromatic rings. The fraction of sp³-hybridized carbons (Fsp3) is 0.625. The first-order valence-corrected chi connectivity index (χ1v) is 8.51. The number of hydrogen-bond acceptors (Lipinski definition) is 4. The van der Waals surface area contributed by atoms with E-state index in [9.17, 15) is 0 Å². The molecule has 4 heteroatoms. The molecule has 0 bridgehead atoms. The van der Waals surface area contributed by atoms with Gasteiger partial charge in [-0.15, -0.1) is 11.8 Å². The number of ether oxygens (including phenoxy) is 2. The lowest BCUT2D eigenvalue weighted by molar-refractivity contribution is 0.122. The summed E-state index contributed by atoms with van der Waals surface area (Å²) >= 11 is 1.93. The second-order valence-corrected chi connectivity index (χ2v) is 6.83. The molecule has 0 amide bonds. The largest absolute Gasteiger partial charge is 0.378 e. The Morgan fingerprint density at radius 3 is 2.60 bits per heavy atom. The van der Waals surface area contributed by atoms with E-state index in [2.05, 4.69) is 36.1 Å². The van der Waals surface area contributed by atoms with Gasteiger partial charge in [0, 0.05) is 24.5 Å². The van der Waals surface area contributed by atoms with Crippen molar-refractivity contribution in [2.24, 2.45) is 5.92 Å². The average Bonchev–Trinajstić information content (AvgIpc) is 2.92. The van der Waals surface area contributed by atoms with Gasteiger partial charge in [-0.3, -0.25) is 0 Å². The molecule has 2 fully saturated rings. The number of anilines is 1. The number of thioether (sulfide) groups is 1. The first kappa shape index (κ1) is 14.2. The molecule has 0 saturated carbocycles. The van der Waals surface area contributed by atoms with Crippen molar-refractivity contribution in [2.45, 2.75) is 24.5 Å². The molecule has 110 valence electrons. The fourth-order valence-corrected chi connectivity index (χ4v) is 3.88. The molecule has 2 aliphatic heterocycles. The Labute approximate surface area is 125 Å². The lowest BCUT2D eigenvalue weighted by atomic mass is 10.2. The number of nitrogens with zero attached hydrogens (tertiary/aromatic N) is 1. The molecule has 3 rings (SSSR count). The number of benzene rings is 1. The molecule has 20 heavy (non-hydrogen) atoms. The van der Waals surface area contributed by atoms with Gasteiger partial charge in [-0.25, -0.2) is 0 Å². The van der Waals surface area contributed by atoms with Crippen LogP contribution in [0.5, 0.6) is 0 Å². The smallest absolute Gasteiger partial charge is 0.103 e. The molecule has 2 atom stereocenters. The highest BCUT2D eigenvalue weighted by Gasteiger charge is 2.22. The minimum Gasteiger partial charge on any atom is -0.378 e. The van der Waals surface area contributed by atoms with Crippen LogP contribution >= 0.6 is 11.8 Å². The van der Waals surface area contributed by atoms with Crippen molar-refractivity contribution in [1.29, 1.82) is 0 Å². The molecule has 0 aliphatic carbocycles. The highest BCUT2D eigenvalue weighted by molar-refractivity contribution is 7.99. The minimum absolute atomic E-state index is 0.393. The third-order valence-corrected chi connectivity index (χ3v) is 5.11. The molecule has 0 radical (unpaired) electrons. The Balaban J connectivity index is 1.50. The monoisotopic (exact) mass is 293 g/mol. The Morgan fingerprint density at radius 1 is 1.20 bits per heavy atom. The summed E-state index contributed by atoms with van der Waals surface area (Å²) in [4.78, 5) is 2.39. The van der Waals surface area contributed by atoms with Crippen LogP contribution in [-0.4, -0.2) is 38.3 Å². The van der Waals surface area contributed by atoms with Crippen molar-refractivity contribution < 1.29 is 9.47 Å². The third kappa shape index (κ3) is 3.68. The Hall–Kier alpha value is -0.710. The summed E-state index contributed by atoms with van der Waals surface area (Å²) in [7, 11) is 0. The molecule has 1 unspecified atom stereocenters. The van der Waals surface area contributed by atoms with Crippen LogP contribution < -0.4 is 4.90 Å². The van der Waals surface area contributed by atoms with E-state index in [1.807, 2.05) is 11.8 Å². The Morgan fingerprint density at radius 2 is 1.95 bits per heavy atom. The van der Waals surface area contributed by atoms with E-state index in [4.69, 9.17) is 9.47 Å². The van der Waals surface area contributed by atoms with Gasteiger partial charge in [0.05, 0.1) is 19.8 Å². The Kier molecular flexibility index (Phi) is 4.86. The van der Waals surface area contributed by atoms with Crippen molar-refractivity contribution in [1.82, 2.24) is 0 Å². The zero-order chi connectivity index (χ0) is 13.8. The summed E-state index contributed by atoms with van der Waals surface area (Å²) in [5.74, 6) is 1.76. The predicted octanol–water partition coefficient (Wildman–Crippen LogP) is 3.14. The van der Waals surface area contributed by atoms with Crippen LogP contribution in [0.15, 0.2) is 24.3 Å². The first-order chi connectivity index (χ1) is 9.81. The molecule has 0 aromatic heterocycles. The molecule has 2 saturated heterocycles. The summed E-state index contributed by atoms with van der Waals surface area (Å²) in [6.07, 6.45) is 1.19. The third-order valence-electron chi connectivity index (χ3n) is 3.91. The van der Waals surface area contributed by atoms with Gasteiger partial charge in [0.15, 0.2) is 0 Å². The second-order valence-electron chi connectivity index (χ2n) is 5.68. The Bertz CT molecular complexity index is 417. The molecular formula is C16H23NO2S. The van der Waals surface area contributed by atoms with Gasteiger partial charge in [0.25, 0.3) is 0 Å². The van der Waals surface area contributed by atoms with Gasteiger partial charge < -0.3 is 14.4 Å². The molecule has 3 nitrogen and oxygen atoms in total. The standard InChI is InChI=1S/C16H23NO2S/c1-13-10-16(19-11-13)20-12-14-2-4-15(5-3-14)17-6-8-18-9-7-17/h2-5,13,16H,6-12H2,1H3/t13-,16?/m1/s1. The van der Waals surface area contributed by atoms with Crippen molar-refractivity contribution in [3.05, 3.63) is 29.8 Å². The van der Waals surface area contributed by atoms with Crippen LogP contribution in [0.1, 0.15) is 18.9 Å². The van der Waals surface area contributed by atoms with Crippen molar-refractivity contribution in [3.8, 4) is 0 Å². The van der Waals surface area contributed by atoms with E-state index >= 15 is 0 Å². The van der Waals surface area contributed by atoms with E-state index < -0.39 is 0 Å². The number of hydrogen-bond donors (Lipinski definition) is 0. The minimum atomic E-state index is 0.393. The summed E-state index contributed by atoms with van der Waals surface area (Å²) in [6, 6.07) is 8.96. The van der Waals surface area contributed by atoms with E-state index in [0.29, 0.717) is 5.44 Å². The lowest BCUT2D eigenvalue weighted by Gasteiger charge is -2.28. The van der Waals surface area contributed by atoms with Gasteiger partial charge in [-0.1, -0.05) is 19.1 Å². The van der Waals surface area contributed by atoms with E-state index in [1.165, 1.54) is 17.7 Å². The topological polar surface area (TPSA) is 21.7 Å². The second kappa shape index (κ2) is 6.83. The van der Waals surface area contributed by atoms with E-state index in [-0.39, 0.29) is 0 Å². The maximum atomic E-state index is 5.75. The van der Waals surface area contributed by atoms with Gasteiger partial charge in [0.1, 0.15) is 5.44 Å². The van der Waals surface area contributed by atoms with Crippen molar-refractivity contribution in [2.75, 3.05) is 37.8 Å². The highest BCUT2D eigenvalue weighted by atomic mass is 32.2. The SMILES string of the molecule is C[C@H]1COC(SCc2ccc(N3CCOCC3)cc2)C1. The number of rotatable bonds is 4. The van der Waals surface area contributed by atoms with Gasteiger partial charge in [0.2, 0.25) is 0 Å². The van der Waals surface area contributed by atoms with Crippen LogP contribution in [0, 0.1) is 5.92 Å². The van der Waals surface area contributed by atoms with Crippen LogP contribution in [0.3, 0.4) is 0 Å².